The molecule has 0 aromatic heterocycles. The molecule has 3 saturated carbocycles. The average Bonchev–Trinajstić information content (AvgIpc) is 3.14. The Morgan fingerprint density at radius 1 is 1.08 bits per heavy atom. The van der Waals surface area contributed by atoms with Crippen molar-refractivity contribution in [2.45, 2.75) is 97.2 Å². The maximum atomic E-state index is 11.4. The number of aliphatic hydroxyl groups excluding tert-OH is 1. The Labute approximate surface area is 228 Å². The van der Waals surface area contributed by atoms with Gasteiger partial charge in [0, 0.05) is 0 Å². The summed E-state index contributed by atoms with van der Waals surface area (Å²) < 4.78 is 73.6. The van der Waals surface area contributed by atoms with E-state index in [2.05, 4.69) is 26.5 Å². The van der Waals surface area contributed by atoms with Crippen LogP contribution in [0.5, 0.6) is 0 Å². The first-order valence-corrected chi connectivity index (χ1v) is 16.6. The second-order valence-electron chi connectivity index (χ2n) is 12.8. The number of rotatable bonds is 10. The molecule has 0 aromatic rings. The Kier molecular flexibility index (Phi) is 8.62. The highest BCUT2D eigenvalue weighted by Crippen LogP contribution is 2.67. The quantitative estimate of drug-likeness (QED) is 0.244. The minimum absolute atomic E-state index is 0.0147. The molecule has 0 aromatic carbocycles. The maximum absolute atomic E-state index is 11.4. The largest absolute Gasteiger partial charge is 0.397 e. The van der Waals surface area contributed by atoms with Crippen molar-refractivity contribution < 1.29 is 39.4 Å². The number of allylic oxidation sites excluding steroid dienone is 2. The molecule has 0 heterocycles. The summed E-state index contributed by atoms with van der Waals surface area (Å²) in [5.41, 5.74) is 1.67. The molecule has 9 nitrogen and oxygen atoms in total. The van der Waals surface area contributed by atoms with Crippen LogP contribution in [0.2, 0.25) is 0 Å². The molecule has 218 valence electrons. The molecule has 0 spiro atoms. The van der Waals surface area contributed by atoms with Crippen LogP contribution in [0.25, 0.3) is 0 Å². The van der Waals surface area contributed by atoms with Crippen LogP contribution in [0, 0.1) is 40.4 Å². The third-order valence-electron chi connectivity index (χ3n) is 10.6. The van der Waals surface area contributed by atoms with Crippen molar-refractivity contribution in [2.24, 2.45) is 40.4 Å². The van der Waals surface area contributed by atoms with Gasteiger partial charge in [-0.25, -0.2) is 8.37 Å². The van der Waals surface area contributed by atoms with Gasteiger partial charge in [0.1, 0.15) is 12.2 Å². The molecular formula is C27H44O9S2. The molecule has 4 aliphatic carbocycles. The molecule has 9 atom stereocenters. The van der Waals surface area contributed by atoms with Crippen molar-refractivity contribution in [2.75, 3.05) is 6.61 Å². The number of aliphatic hydroxyl groups is 1. The fourth-order valence-electron chi connectivity index (χ4n) is 9.02. The highest BCUT2D eigenvalue weighted by Gasteiger charge is 2.60. The minimum atomic E-state index is -4.65. The van der Waals surface area contributed by atoms with Crippen LogP contribution in [0.4, 0.5) is 0 Å². The van der Waals surface area contributed by atoms with Crippen LogP contribution < -0.4 is 0 Å². The molecule has 3 fully saturated rings. The summed E-state index contributed by atoms with van der Waals surface area (Å²) in [6, 6.07) is 0. The van der Waals surface area contributed by atoms with Gasteiger partial charge in [-0.05, 0) is 117 Å². The van der Waals surface area contributed by atoms with Gasteiger partial charge in [0.15, 0.2) is 0 Å². The molecule has 0 amide bonds. The molecule has 0 aliphatic heterocycles. The average molecular weight is 577 g/mol. The minimum Gasteiger partial charge on any atom is -0.386 e. The zero-order valence-corrected chi connectivity index (χ0v) is 24.3. The second kappa shape index (κ2) is 10.9. The zero-order chi connectivity index (χ0) is 28.1. The van der Waals surface area contributed by atoms with E-state index in [0.29, 0.717) is 30.6 Å². The Hall–Kier alpha value is -0.820. The smallest absolute Gasteiger partial charge is 0.386 e. The third kappa shape index (κ3) is 6.09. The van der Waals surface area contributed by atoms with E-state index >= 15 is 0 Å². The van der Waals surface area contributed by atoms with Crippen LogP contribution in [-0.2, 0) is 29.2 Å². The lowest BCUT2D eigenvalue weighted by Crippen LogP contribution is -2.54. The van der Waals surface area contributed by atoms with Crippen molar-refractivity contribution in [1.82, 2.24) is 0 Å². The molecule has 0 saturated heterocycles. The fraction of sp³-hybridized carbons (Fsp3) is 0.852. The van der Waals surface area contributed by atoms with Crippen molar-refractivity contribution in [3.05, 3.63) is 23.8 Å². The number of hydrogen-bond acceptors (Lipinski definition) is 7. The highest BCUT2D eigenvalue weighted by atomic mass is 32.3. The Morgan fingerprint density at radius 2 is 1.79 bits per heavy atom. The van der Waals surface area contributed by atoms with Crippen LogP contribution >= 0.6 is 0 Å². The topological polar surface area (TPSA) is 147 Å². The predicted octanol–water partition coefficient (Wildman–Crippen LogP) is 4.91. The number of fused-ring (bicyclic) bond motifs is 5. The van der Waals surface area contributed by atoms with Gasteiger partial charge in [-0.15, -0.1) is 6.58 Å². The summed E-state index contributed by atoms with van der Waals surface area (Å²) in [5, 5.41) is 11.0. The van der Waals surface area contributed by atoms with Gasteiger partial charge in [-0.2, -0.15) is 16.8 Å². The summed E-state index contributed by atoms with van der Waals surface area (Å²) in [4.78, 5) is 0. The molecule has 4 aliphatic rings. The molecule has 4 rings (SSSR count). The van der Waals surface area contributed by atoms with Crippen LogP contribution in [0.1, 0.15) is 85.0 Å². The molecule has 11 heteroatoms. The van der Waals surface area contributed by atoms with Gasteiger partial charge >= 0.3 is 20.8 Å². The monoisotopic (exact) mass is 576 g/mol. The maximum Gasteiger partial charge on any atom is 0.397 e. The van der Waals surface area contributed by atoms with Gasteiger partial charge in [0.2, 0.25) is 0 Å². The van der Waals surface area contributed by atoms with Crippen LogP contribution in [0.15, 0.2) is 23.8 Å². The lowest BCUT2D eigenvalue weighted by molar-refractivity contribution is -0.0788. The summed E-state index contributed by atoms with van der Waals surface area (Å²) in [5.74, 6) is 1.50. The lowest BCUT2D eigenvalue weighted by atomic mass is 9.46. The van der Waals surface area contributed by atoms with Crippen LogP contribution in [0.3, 0.4) is 0 Å². The second-order valence-corrected chi connectivity index (χ2v) is 14.9. The SMILES string of the molecule is C=C(C)CCCC(COS(=O)(=O)O)C1CCC2C3CC=C4C(O)C(OS(=O)(=O)O)CCC4(C)C3CCC12C. The summed E-state index contributed by atoms with van der Waals surface area (Å²) in [6.45, 7) is 10.5. The van der Waals surface area contributed by atoms with E-state index in [9.17, 15) is 26.5 Å². The van der Waals surface area contributed by atoms with E-state index in [1.165, 1.54) is 0 Å². The summed E-state index contributed by atoms with van der Waals surface area (Å²) in [6.07, 6.45) is 8.40. The van der Waals surface area contributed by atoms with E-state index in [4.69, 9.17) is 12.9 Å². The third-order valence-corrected chi connectivity index (χ3v) is 11.6. The van der Waals surface area contributed by atoms with E-state index in [1.807, 2.05) is 6.92 Å². The van der Waals surface area contributed by atoms with Crippen molar-refractivity contribution in [1.29, 1.82) is 0 Å². The molecule has 0 bridgehead atoms. The Bertz CT molecular complexity index is 1150. The first kappa shape index (κ1) is 30.1. The molecule has 0 radical (unpaired) electrons. The van der Waals surface area contributed by atoms with E-state index < -0.39 is 33.0 Å². The summed E-state index contributed by atoms with van der Waals surface area (Å²) in [7, 11) is -9.17. The van der Waals surface area contributed by atoms with E-state index in [0.717, 1.165) is 62.5 Å². The summed E-state index contributed by atoms with van der Waals surface area (Å²) >= 11 is 0. The van der Waals surface area contributed by atoms with Crippen molar-refractivity contribution >= 4 is 20.8 Å². The van der Waals surface area contributed by atoms with Gasteiger partial charge < -0.3 is 5.11 Å². The predicted molar refractivity (Wildman–Crippen MR) is 143 cm³/mol. The lowest BCUT2D eigenvalue weighted by Gasteiger charge is -2.59. The van der Waals surface area contributed by atoms with Gasteiger partial charge in [0.25, 0.3) is 0 Å². The Balaban J connectivity index is 1.55. The fourth-order valence-corrected chi connectivity index (χ4v) is 9.88. The van der Waals surface area contributed by atoms with Gasteiger partial charge in [-0.1, -0.05) is 25.5 Å². The van der Waals surface area contributed by atoms with Crippen molar-refractivity contribution in [3.63, 3.8) is 0 Å². The van der Waals surface area contributed by atoms with Crippen LogP contribution in [-0.4, -0.2) is 49.9 Å². The van der Waals surface area contributed by atoms with Gasteiger partial charge in [0.05, 0.1) is 6.61 Å². The Morgan fingerprint density at radius 3 is 2.42 bits per heavy atom. The molecule has 38 heavy (non-hydrogen) atoms. The zero-order valence-electron chi connectivity index (χ0n) is 22.7. The first-order chi connectivity index (χ1) is 17.6. The highest BCUT2D eigenvalue weighted by molar-refractivity contribution is 7.81. The molecular weight excluding hydrogens is 532 g/mol. The van der Waals surface area contributed by atoms with E-state index in [-0.39, 0.29) is 29.3 Å². The van der Waals surface area contributed by atoms with Gasteiger partial charge in [-0.3, -0.25) is 9.11 Å². The number of hydrogen-bond donors (Lipinski definition) is 3. The van der Waals surface area contributed by atoms with E-state index in [1.54, 1.807) is 0 Å². The standard InChI is InChI=1S/C27H44O9S2/c1-17(2)6-5-7-18(16-35-37(29,30)31)20-10-11-21-19-8-9-23-25(28)24(36-38(32,33)34)13-15-27(23,4)22(19)12-14-26(20,21)3/h9,18-22,24-25,28H,1,5-8,10-16H2,2-4H3,(H,29,30,31)(H,32,33,34). The molecule has 3 N–H and O–H groups in total. The normalized spacial score (nSPS) is 40.0. The first-order valence-electron chi connectivity index (χ1n) is 13.9. The molecule has 9 unspecified atom stereocenters. The van der Waals surface area contributed by atoms with Crippen molar-refractivity contribution in [3.8, 4) is 0 Å².